The molecule has 0 aliphatic carbocycles. The third-order valence-corrected chi connectivity index (χ3v) is 3.72. The van der Waals surface area contributed by atoms with Crippen LogP contribution in [0.1, 0.15) is 25.2 Å². The average molecular weight is 269 g/mol. The highest BCUT2D eigenvalue weighted by molar-refractivity contribution is 5.83. The number of fused-ring (bicyclic) bond motifs is 1. The monoisotopic (exact) mass is 269 g/mol. The zero-order valence-corrected chi connectivity index (χ0v) is 12.3. The highest BCUT2D eigenvalue weighted by atomic mass is 15.4. The molecule has 2 N–H and O–H groups in total. The van der Waals surface area contributed by atoms with E-state index < -0.39 is 5.54 Å². The summed E-state index contributed by atoms with van der Waals surface area (Å²) in [6.07, 6.45) is 1.72. The van der Waals surface area contributed by atoms with Crippen LogP contribution in [-0.2, 0) is 12.6 Å². The SMILES string of the molecule is Cc1cc2cc(-n3nncc3C(C)(C)N)ccc2n1C. The topological polar surface area (TPSA) is 61.7 Å². The predicted octanol–water partition coefficient (Wildman–Crippen LogP) is 2.26. The second-order valence-electron chi connectivity index (χ2n) is 5.84. The lowest BCUT2D eigenvalue weighted by Gasteiger charge is -2.19. The Balaban J connectivity index is 2.18. The normalized spacial score (nSPS) is 12.2. The summed E-state index contributed by atoms with van der Waals surface area (Å²) in [4.78, 5) is 0. The maximum atomic E-state index is 6.18. The zero-order chi connectivity index (χ0) is 14.5. The molecule has 5 nitrogen and oxygen atoms in total. The second kappa shape index (κ2) is 4.18. The minimum absolute atomic E-state index is 0.481. The van der Waals surface area contributed by atoms with Gasteiger partial charge < -0.3 is 10.3 Å². The Labute approximate surface area is 118 Å². The van der Waals surface area contributed by atoms with E-state index in [9.17, 15) is 0 Å². The molecule has 1 aromatic carbocycles. The van der Waals surface area contributed by atoms with Crippen molar-refractivity contribution in [2.75, 3.05) is 0 Å². The lowest BCUT2D eigenvalue weighted by Crippen LogP contribution is -2.31. The van der Waals surface area contributed by atoms with Crippen LogP contribution in [0.15, 0.2) is 30.5 Å². The van der Waals surface area contributed by atoms with Crippen molar-refractivity contribution in [2.24, 2.45) is 12.8 Å². The number of aromatic nitrogens is 4. The van der Waals surface area contributed by atoms with E-state index >= 15 is 0 Å². The first-order valence-corrected chi connectivity index (χ1v) is 6.64. The molecule has 0 saturated carbocycles. The minimum atomic E-state index is -0.481. The number of benzene rings is 1. The van der Waals surface area contributed by atoms with Crippen molar-refractivity contribution < 1.29 is 0 Å². The number of rotatable bonds is 2. The summed E-state index contributed by atoms with van der Waals surface area (Å²) >= 11 is 0. The Hall–Kier alpha value is -2.14. The third kappa shape index (κ3) is 1.91. The van der Waals surface area contributed by atoms with Gasteiger partial charge in [-0.05, 0) is 45.0 Å². The van der Waals surface area contributed by atoms with Gasteiger partial charge in [-0.15, -0.1) is 5.10 Å². The van der Waals surface area contributed by atoms with Crippen LogP contribution in [0.25, 0.3) is 16.6 Å². The number of hydrogen-bond donors (Lipinski definition) is 1. The fourth-order valence-corrected chi connectivity index (χ4v) is 2.47. The lowest BCUT2D eigenvalue weighted by atomic mass is 10.0. The minimum Gasteiger partial charge on any atom is -0.348 e. The van der Waals surface area contributed by atoms with E-state index in [1.54, 1.807) is 6.20 Å². The number of nitrogens with zero attached hydrogens (tertiary/aromatic N) is 4. The Morgan fingerprint density at radius 2 is 1.95 bits per heavy atom. The number of hydrogen-bond acceptors (Lipinski definition) is 3. The summed E-state index contributed by atoms with van der Waals surface area (Å²) in [7, 11) is 2.07. The largest absolute Gasteiger partial charge is 0.348 e. The van der Waals surface area contributed by atoms with Crippen LogP contribution in [0.4, 0.5) is 0 Å². The molecule has 0 atom stereocenters. The quantitative estimate of drug-likeness (QED) is 0.776. The summed E-state index contributed by atoms with van der Waals surface area (Å²) in [5.74, 6) is 0. The van der Waals surface area contributed by atoms with Crippen LogP contribution in [0.5, 0.6) is 0 Å². The van der Waals surface area contributed by atoms with Crippen LogP contribution < -0.4 is 5.73 Å². The average Bonchev–Trinajstić information content (AvgIpc) is 2.95. The van der Waals surface area contributed by atoms with Crippen LogP contribution >= 0.6 is 0 Å². The van der Waals surface area contributed by atoms with Crippen molar-refractivity contribution in [2.45, 2.75) is 26.3 Å². The van der Waals surface area contributed by atoms with Gasteiger partial charge in [0.2, 0.25) is 0 Å². The van der Waals surface area contributed by atoms with Crippen molar-refractivity contribution in [1.29, 1.82) is 0 Å². The van der Waals surface area contributed by atoms with E-state index in [1.165, 1.54) is 16.6 Å². The Kier molecular flexibility index (Phi) is 2.69. The molecule has 104 valence electrons. The van der Waals surface area contributed by atoms with Crippen LogP contribution in [-0.4, -0.2) is 19.6 Å². The summed E-state index contributed by atoms with van der Waals surface area (Å²) < 4.78 is 3.98. The van der Waals surface area contributed by atoms with E-state index in [2.05, 4.69) is 47.0 Å². The van der Waals surface area contributed by atoms with Gasteiger partial charge in [-0.3, -0.25) is 0 Å². The molecule has 0 spiro atoms. The van der Waals surface area contributed by atoms with Gasteiger partial charge in [0, 0.05) is 23.6 Å². The first-order valence-electron chi connectivity index (χ1n) is 6.64. The van der Waals surface area contributed by atoms with Crippen molar-refractivity contribution in [3.05, 3.63) is 41.9 Å². The van der Waals surface area contributed by atoms with E-state index in [4.69, 9.17) is 5.73 Å². The van der Waals surface area contributed by atoms with E-state index in [0.717, 1.165) is 11.4 Å². The molecule has 0 amide bonds. The molecule has 0 bridgehead atoms. The summed E-state index contributed by atoms with van der Waals surface area (Å²) in [5.41, 5.74) is 10.0. The number of aryl methyl sites for hydroxylation is 2. The van der Waals surface area contributed by atoms with Gasteiger partial charge in [0.05, 0.1) is 23.1 Å². The second-order valence-corrected chi connectivity index (χ2v) is 5.84. The van der Waals surface area contributed by atoms with Crippen molar-refractivity contribution in [3.8, 4) is 5.69 Å². The van der Waals surface area contributed by atoms with E-state index in [-0.39, 0.29) is 0 Å². The molecule has 0 aliphatic heterocycles. The van der Waals surface area contributed by atoms with Gasteiger partial charge in [-0.2, -0.15) is 0 Å². The van der Waals surface area contributed by atoms with Gasteiger partial charge >= 0.3 is 0 Å². The van der Waals surface area contributed by atoms with E-state index in [0.29, 0.717) is 0 Å². The van der Waals surface area contributed by atoms with Crippen LogP contribution in [0.2, 0.25) is 0 Å². The molecule has 0 radical (unpaired) electrons. The molecule has 5 heteroatoms. The van der Waals surface area contributed by atoms with E-state index in [1.807, 2.05) is 24.6 Å². The van der Waals surface area contributed by atoms with Gasteiger partial charge in [-0.25, -0.2) is 4.68 Å². The van der Waals surface area contributed by atoms with Gasteiger partial charge in [0.25, 0.3) is 0 Å². The van der Waals surface area contributed by atoms with Crippen LogP contribution in [0.3, 0.4) is 0 Å². The molecular formula is C15H19N5. The van der Waals surface area contributed by atoms with Crippen molar-refractivity contribution >= 4 is 10.9 Å². The fraction of sp³-hybridized carbons (Fsp3) is 0.333. The van der Waals surface area contributed by atoms with Gasteiger partial charge in [0.15, 0.2) is 0 Å². The molecule has 0 unspecified atom stereocenters. The molecule has 2 aromatic heterocycles. The van der Waals surface area contributed by atoms with Gasteiger partial charge in [0.1, 0.15) is 0 Å². The zero-order valence-electron chi connectivity index (χ0n) is 12.3. The smallest absolute Gasteiger partial charge is 0.0838 e. The fourth-order valence-electron chi connectivity index (χ4n) is 2.47. The lowest BCUT2D eigenvalue weighted by molar-refractivity contribution is 0.513. The van der Waals surface area contributed by atoms with Crippen LogP contribution in [0, 0.1) is 6.92 Å². The first-order chi connectivity index (χ1) is 9.38. The molecule has 0 saturated heterocycles. The molecule has 20 heavy (non-hydrogen) atoms. The highest BCUT2D eigenvalue weighted by Crippen LogP contribution is 2.24. The Morgan fingerprint density at radius 3 is 2.65 bits per heavy atom. The first kappa shape index (κ1) is 12.9. The molecular weight excluding hydrogens is 250 g/mol. The third-order valence-electron chi connectivity index (χ3n) is 3.72. The standard InChI is InChI=1S/C15H19N5/c1-10-7-11-8-12(5-6-13(11)19(10)4)20-14(9-17-18-20)15(2,3)16/h5-9H,16H2,1-4H3. The maximum absolute atomic E-state index is 6.18. The molecule has 0 fully saturated rings. The molecule has 2 heterocycles. The number of nitrogens with two attached hydrogens (primary N) is 1. The molecule has 3 rings (SSSR count). The summed E-state index contributed by atoms with van der Waals surface area (Å²) in [6, 6.07) is 8.44. The van der Waals surface area contributed by atoms with Crippen molar-refractivity contribution in [1.82, 2.24) is 19.6 Å². The maximum Gasteiger partial charge on any atom is 0.0838 e. The summed E-state index contributed by atoms with van der Waals surface area (Å²) in [5, 5.41) is 9.36. The predicted molar refractivity (Wildman–Crippen MR) is 79.8 cm³/mol. The van der Waals surface area contributed by atoms with Gasteiger partial charge in [-0.1, -0.05) is 5.21 Å². The molecule has 0 aliphatic rings. The van der Waals surface area contributed by atoms with Crippen molar-refractivity contribution in [3.63, 3.8) is 0 Å². The molecule has 3 aromatic rings. The summed E-state index contributed by atoms with van der Waals surface area (Å²) in [6.45, 7) is 6.00. The Morgan fingerprint density at radius 1 is 1.20 bits per heavy atom. The Bertz CT molecular complexity index is 773. The highest BCUT2D eigenvalue weighted by Gasteiger charge is 2.21.